The molecule has 2 aliphatic heterocycles. The molecule has 0 saturated carbocycles. The second-order valence-electron chi connectivity index (χ2n) is 6.22. The maximum Gasteiger partial charge on any atom is 0.268 e. The van der Waals surface area contributed by atoms with Gasteiger partial charge in [-0.2, -0.15) is 0 Å². The lowest BCUT2D eigenvalue weighted by atomic mass is 10.1. The summed E-state index contributed by atoms with van der Waals surface area (Å²) in [5.74, 6) is 0.942. The van der Waals surface area contributed by atoms with Crippen molar-refractivity contribution >= 4 is 22.9 Å². The maximum atomic E-state index is 13.1. The fraction of sp³-hybridized carbons (Fsp3) is 0.389. The van der Waals surface area contributed by atoms with Gasteiger partial charge in [-0.25, -0.2) is 0 Å². The number of thiophene rings is 1. The fourth-order valence-electron chi connectivity index (χ4n) is 3.38. The topological polar surface area (TPSA) is 41.6 Å². The van der Waals surface area contributed by atoms with Crippen molar-refractivity contribution in [1.29, 1.82) is 0 Å². The zero-order valence-corrected chi connectivity index (χ0v) is 14.3. The van der Waals surface area contributed by atoms with Crippen LogP contribution in [0.3, 0.4) is 0 Å². The molecule has 0 saturated heterocycles. The first-order valence-corrected chi connectivity index (χ1v) is 8.83. The molecule has 0 spiro atoms. The molecule has 0 unspecified atom stereocenters. The van der Waals surface area contributed by atoms with Crippen molar-refractivity contribution < 1.29 is 9.53 Å². The molecule has 0 radical (unpaired) electrons. The second-order valence-corrected chi connectivity index (χ2v) is 7.36. The van der Waals surface area contributed by atoms with E-state index >= 15 is 0 Å². The van der Waals surface area contributed by atoms with Crippen LogP contribution in [0.2, 0.25) is 0 Å². The number of rotatable bonds is 1. The molecule has 5 heteroatoms. The molecule has 1 N–H and O–H groups in total. The minimum absolute atomic E-state index is 0.0963. The van der Waals surface area contributed by atoms with Crippen LogP contribution in [0, 0.1) is 13.8 Å². The van der Waals surface area contributed by atoms with Gasteiger partial charge in [0.2, 0.25) is 0 Å². The van der Waals surface area contributed by atoms with E-state index in [2.05, 4.69) is 30.4 Å². The largest absolute Gasteiger partial charge is 0.489 e. The van der Waals surface area contributed by atoms with Gasteiger partial charge in [0.1, 0.15) is 12.4 Å². The number of hydrogen-bond donors (Lipinski definition) is 1. The lowest BCUT2D eigenvalue weighted by Crippen LogP contribution is -2.37. The Hall–Kier alpha value is -1.85. The molecule has 0 atom stereocenters. The average Bonchev–Trinajstić information content (AvgIpc) is 2.97. The smallest absolute Gasteiger partial charge is 0.268 e. The van der Waals surface area contributed by atoms with Gasteiger partial charge in [0.25, 0.3) is 5.91 Å². The first-order valence-electron chi connectivity index (χ1n) is 8.01. The molecule has 120 valence electrons. The maximum absolute atomic E-state index is 13.1. The summed E-state index contributed by atoms with van der Waals surface area (Å²) in [6.45, 7) is 7.12. The van der Waals surface area contributed by atoms with Crippen LogP contribution in [0.15, 0.2) is 18.2 Å². The van der Waals surface area contributed by atoms with Crippen LogP contribution in [0.5, 0.6) is 5.75 Å². The van der Waals surface area contributed by atoms with Crippen molar-refractivity contribution in [3.05, 3.63) is 44.6 Å². The van der Waals surface area contributed by atoms with Gasteiger partial charge in [0.05, 0.1) is 17.1 Å². The minimum atomic E-state index is 0.0963. The fourth-order valence-corrected chi connectivity index (χ4v) is 4.51. The molecule has 1 amide bonds. The molecular formula is C18H20N2O2S. The molecule has 4 rings (SSSR count). The van der Waals surface area contributed by atoms with Gasteiger partial charge in [0, 0.05) is 18.0 Å². The summed E-state index contributed by atoms with van der Waals surface area (Å²) >= 11 is 1.65. The first-order chi connectivity index (χ1) is 11.1. The van der Waals surface area contributed by atoms with E-state index in [0.29, 0.717) is 13.2 Å². The normalized spacial score (nSPS) is 16.5. The highest BCUT2D eigenvalue weighted by molar-refractivity contribution is 7.14. The third-order valence-electron chi connectivity index (χ3n) is 4.45. The van der Waals surface area contributed by atoms with Crippen LogP contribution < -0.4 is 15.0 Å². The Kier molecular flexibility index (Phi) is 3.62. The van der Waals surface area contributed by atoms with Crippen molar-refractivity contribution in [3.63, 3.8) is 0 Å². The van der Waals surface area contributed by atoms with Gasteiger partial charge in [-0.15, -0.1) is 11.3 Å². The van der Waals surface area contributed by atoms with Crippen LogP contribution in [0.1, 0.15) is 31.2 Å². The summed E-state index contributed by atoms with van der Waals surface area (Å²) in [5.41, 5.74) is 4.42. The molecule has 23 heavy (non-hydrogen) atoms. The highest BCUT2D eigenvalue weighted by atomic mass is 32.1. The van der Waals surface area contributed by atoms with E-state index in [1.54, 1.807) is 11.3 Å². The number of carbonyl (C=O) groups excluding carboxylic acids is 1. The van der Waals surface area contributed by atoms with Crippen LogP contribution >= 0.6 is 11.3 Å². The summed E-state index contributed by atoms with van der Waals surface area (Å²) in [4.78, 5) is 17.1. The molecule has 0 bridgehead atoms. The molecule has 2 aromatic rings. The number of hydrogen-bond acceptors (Lipinski definition) is 4. The van der Waals surface area contributed by atoms with Gasteiger partial charge in [0.15, 0.2) is 0 Å². The molecule has 3 heterocycles. The number of ether oxygens (including phenoxy) is 1. The number of aryl methyl sites for hydroxylation is 2. The van der Waals surface area contributed by atoms with Crippen molar-refractivity contribution in [2.45, 2.75) is 26.8 Å². The minimum Gasteiger partial charge on any atom is -0.489 e. The quantitative estimate of drug-likeness (QED) is 0.875. The van der Waals surface area contributed by atoms with Crippen molar-refractivity contribution in [2.75, 3.05) is 24.6 Å². The number of fused-ring (bicyclic) bond motifs is 2. The van der Waals surface area contributed by atoms with E-state index in [4.69, 9.17) is 4.74 Å². The predicted molar refractivity (Wildman–Crippen MR) is 92.8 cm³/mol. The molecule has 2 aliphatic rings. The Bertz CT molecular complexity index is 758. The summed E-state index contributed by atoms with van der Waals surface area (Å²) in [7, 11) is 0. The second kappa shape index (κ2) is 5.65. The van der Waals surface area contributed by atoms with E-state index in [1.807, 2.05) is 11.8 Å². The third kappa shape index (κ3) is 2.54. The van der Waals surface area contributed by atoms with E-state index in [0.717, 1.165) is 47.0 Å². The Morgan fingerprint density at radius 1 is 1.30 bits per heavy atom. The molecule has 0 fully saturated rings. The Balaban J connectivity index is 1.72. The molecular weight excluding hydrogens is 308 g/mol. The van der Waals surface area contributed by atoms with Crippen molar-refractivity contribution in [2.24, 2.45) is 0 Å². The van der Waals surface area contributed by atoms with E-state index in [-0.39, 0.29) is 5.91 Å². The van der Waals surface area contributed by atoms with Crippen LogP contribution in [0.25, 0.3) is 0 Å². The monoisotopic (exact) mass is 328 g/mol. The number of amides is 1. The standard InChI is InChI=1S/C18H20N2O2S/c1-11-7-12(2)17-14(8-11)20(5-6-22-17)18(21)16-9-13-10-19-4-3-15(13)23-16/h7-9,19H,3-6,10H2,1-2H3. The van der Waals surface area contributed by atoms with E-state index < -0.39 is 0 Å². The molecule has 1 aromatic carbocycles. The van der Waals surface area contributed by atoms with Gasteiger partial charge >= 0.3 is 0 Å². The van der Waals surface area contributed by atoms with Gasteiger partial charge in [-0.1, -0.05) is 6.07 Å². The predicted octanol–water partition coefficient (Wildman–Crippen LogP) is 3.05. The van der Waals surface area contributed by atoms with Crippen molar-refractivity contribution in [1.82, 2.24) is 5.32 Å². The van der Waals surface area contributed by atoms with Gasteiger partial charge in [-0.05, 0) is 49.1 Å². The SMILES string of the molecule is Cc1cc(C)c2c(c1)N(C(=O)c1cc3c(s1)CCNC3)CCO2. The molecule has 4 nitrogen and oxygen atoms in total. The number of nitrogens with one attached hydrogen (secondary N) is 1. The molecule has 0 aliphatic carbocycles. The Morgan fingerprint density at radius 3 is 3.00 bits per heavy atom. The molecule has 1 aromatic heterocycles. The number of nitrogens with zero attached hydrogens (tertiary/aromatic N) is 1. The lowest BCUT2D eigenvalue weighted by molar-refractivity contribution is 0.0980. The van der Waals surface area contributed by atoms with Crippen LogP contribution in [-0.2, 0) is 13.0 Å². The number of benzene rings is 1. The van der Waals surface area contributed by atoms with Crippen molar-refractivity contribution in [3.8, 4) is 5.75 Å². The van der Waals surface area contributed by atoms with Crippen LogP contribution in [-0.4, -0.2) is 25.6 Å². The van der Waals surface area contributed by atoms with Gasteiger partial charge in [-0.3, -0.25) is 4.79 Å². The number of anilines is 1. The first kappa shape index (κ1) is 14.7. The van der Waals surface area contributed by atoms with E-state index in [9.17, 15) is 4.79 Å². The zero-order valence-electron chi connectivity index (χ0n) is 13.4. The highest BCUT2D eigenvalue weighted by Crippen LogP contribution is 2.37. The lowest BCUT2D eigenvalue weighted by Gasteiger charge is -2.30. The van der Waals surface area contributed by atoms with Crippen LogP contribution in [0.4, 0.5) is 5.69 Å². The number of carbonyl (C=O) groups is 1. The highest BCUT2D eigenvalue weighted by Gasteiger charge is 2.28. The summed E-state index contributed by atoms with van der Waals surface area (Å²) in [5, 5.41) is 3.37. The summed E-state index contributed by atoms with van der Waals surface area (Å²) in [6.07, 6.45) is 1.02. The summed E-state index contributed by atoms with van der Waals surface area (Å²) < 4.78 is 5.81. The third-order valence-corrected chi connectivity index (χ3v) is 5.67. The Morgan fingerprint density at radius 2 is 2.17 bits per heavy atom. The summed E-state index contributed by atoms with van der Waals surface area (Å²) in [6, 6.07) is 6.21. The Labute approximate surface area is 140 Å². The van der Waals surface area contributed by atoms with Gasteiger partial charge < -0.3 is 15.0 Å². The average molecular weight is 328 g/mol. The zero-order chi connectivity index (χ0) is 16.0. The van der Waals surface area contributed by atoms with E-state index in [1.165, 1.54) is 10.4 Å².